The van der Waals surface area contributed by atoms with Crippen molar-refractivity contribution in [2.45, 2.75) is 19.9 Å². The number of rotatable bonds is 3. The Morgan fingerprint density at radius 2 is 2.06 bits per heavy atom. The van der Waals surface area contributed by atoms with Gasteiger partial charge in [0.25, 0.3) is 6.43 Å². The standard InChI is InChI=1S/C12H11F2NO/c1-8(16)10-6-15(7-12(13)14)11-5-3-2-4-9(10)11/h2-6,12H,7H2,1H3. The summed E-state index contributed by atoms with van der Waals surface area (Å²) >= 11 is 0. The fourth-order valence-electron chi connectivity index (χ4n) is 1.83. The van der Waals surface area contributed by atoms with E-state index in [4.69, 9.17) is 0 Å². The zero-order chi connectivity index (χ0) is 11.7. The molecule has 0 saturated heterocycles. The molecule has 4 heteroatoms. The van der Waals surface area contributed by atoms with E-state index in [1.54, 1.807) is 24.3 Å². The van der Waals surface area contributed by atoms with Crippen LogP contribution in [0.4, 0.5) is 8.78 Å². The molecule has 84 valence electrons. The van der Waals surface area contributed by atoms with Crippen LogP contribution >= 0.6 is 0 Å². The number of hydrogen-bond acceptors (Lipinski definition) is 1. The first kappa shape index (κ1) is 10.8. The zero-order valence-electron chi connectivity index (χ0n) is 8.78. The summed E-state index contributed by atoms with van der Waals surface area (Å²) in [7, 11) is 0. The van der Waals surface area contributed by atoms with E-state index in [2.05, 4.69) is 0 Å². The minimum Gasteiger partial charge on any atom is -0.341 e. The van der Waals surface area contributed by atoms with Crippen LogP contribution in [0.5, 0.6) is 0 Å². The Balaban J connectivity index is 2.62. The highest BCUT2D eigenvalue weighted by Crippen LogP contribution is 2.22. The molecule has 1 aromatic carbocycles. The molecule has 0 bridgehead atoms. The highest BCUT2D eigenvalue weighted by Gasteiger charge is 2.13. The molecule has 0 aliphatic rings. The average Bonchev–Trinajstić information content (AvgIpc) is 2.57. The van der Waals surface area contributed by atoms with E-state index in [0.29, 0.717) is 11.1 Å². The third-order valence-corrected chi connectivity index (χ3v) is 2.50. The monoisotopic (exact) mass is 223 g/mol. The van der Waals surface area contributed by atoms with E-state index in [9.17, 15) is 13.6 Å². The Morgan fingerprint density at radius 3 is 2.69 bits per heavy atom. The lowest BCUT2D eigenvalue weighted by molar-refractivity contribution is 0.101. The Bertz CT molecular complexity index is 531. The Morgan fingerprint density at radius 1 is 1.38 bits per heavy atom. The first-order valence-corrected chi connectivity index (χ1v) is 4.96. The lowest BCUT2D eigenvalue weighted by Crippen LogP contribution is -2.04. The maximum Gasteiger partial charge on any atom is 0.256 e. The summed E-state index contributed by atoms with van der Waals surface area (Å²) in [6.45, 7) is 1.06. The first-order chi connectivity index (χ1) is 7.59. The summed E-state index contributed by atoms with van der Waals surface area (Å²) in [5.41, 5.74) is 1.17. The summed E-state index contributed by atoms with van der Waals surface area (Å²) in [4.78, 5) is 11.4. The lowest BCUT2D eigenvalue weighted by Gasteiger charge is -2.02. The van der Waals surface area contributed by atoms with Crippen LogP contribution in [-0.4, -0.2) is 16.8 Å². The molecule has 2 nitrogen and oxygen atoms in total. The molecule has 1 heterocycles. The number of carbonyl (C=O) groups is 1. The maximum absolute atomic E-state index is 12.4. The van der Waals surface area contributed by atoms with Crippen LogP contribution in [0.2, 0.25) is 0 Å². The van der Waals surface area contributed by atoms with E-state index in [-0.39, 0.29) is 12.3 Å². The first-order valence-electron chi connectivity index (χ1n) is 4.96. The number of para-hydroxylation sites is 1. The number of nitrogens with zero attached hydrogens (tertiary/aromatic N) is 1. The fraction of sp³-hybridized carbons (Fsp3) is 0.250. The number of Topliss-reactive ketones (excluding diaryl/α,β-unsaturated/α-hetero) is 1. The molecule has 0 saturated carbocycles. The van der Waals surface area contributed by atoms with E-state index in [1.165, 1.54) is 17.7 Å². The van der Waals surface area contributed by atoms with Gasteiger partial charge in [-0.2, -0.15) is 0 Å². The van der Waals surface area contributed by atoms with E-state index in [1.807, 2.05) is 0 Å². The predicted molar refractivity (Wildman–Crippen MR) is 57.9 cm³/mol. The highest BCUT2D eigenvalue weighted by atomic mass is 19.3. The van der Waals surface area contributed by atoms with Crippen LogP contribution < -0.4 is 0 Å². The number of alkyl halides is 2. The molecule has 16 heavy (non-hydrogen) atoms. The van der Waals surface area contributed by atoms with Crippen LogP contribution in [0, 0.1) is 0 Å². The van der Waals surface area contributed by atoms with Gasteiger partial charge in [-0.1, -0.05) is 18.2 Å². The SMILES string of the molecule is CC(=O)c1cn(CC(F)F)c2ccccc12. The summed E-state index contributed by atoms with van der Waals surface area (Å²) in [5, 5.41) is 0.732. The Kier molecular flexibility index (Phi) is 2.73. The van der Waals surface area contributed by atoms with Gasteiger partial charge in [0.15, 0.2) is 5.78 Å². The van der Waals surface area contributed by atoms with Crippen LogP contribution in [0.15, 0.2) is 30.5 Å². The summed E-state index contributed by atoms with van der Waals surface area (Å²) in [6, 6.07) is 7.08. The Labute approximate surface area is 91.5 Å². The highest BCUT2D eigenvalue weighted by molar-refractivity contribution is 6.06. The van der Waals surface area contributed by atoms with Gasteiger partial charge in [-0.15, -0.1) is 0 Å². The summed E-state index contributed by atoms with van der Waals surface area (Å²) in [6.07, 6.45) is -0.922. The van der Waals surface area contributed by atoms with Crippen molar-refractivity contribution in [2.75, 3.05) is 0 Å². The van der Waals surface area contributed by atoms with Gasteiger partial charge in [-0.05, 0) is 13.0 Å². The third kappa shape index (κ3) is 1.83. The molecule has 0 radical (unpaired) electrons. The topological polar surface area (TPSA) is 22.0 Å². The van der Waals surface area contributed by atoms with Crippen molar-refractivity contribution in [1.82, 2.24) is 4.57 Å². The normalized spacial score (nSPS) is 11.2. The van der Waals surface area contributed by atoms with Crippen molar-refractivity contribution in [3.63, 3.8) is 0 Å². The summed E-state index contributed by atoms with van der Waals surface area (Å²) in [5.74, 6) is -0.107. The quantitative estimate of drug-likeness (QED) is 0.733. The second-order valence-corrected chi connectivity index (χ2v) is 3.66. The Hall–Kier alpha value is -1.71. The van der Waals surface area contributed by atoms with Crippen LogP contribution in [0.3, 0.4) is 0 Å². The molecule has 2 aromatic rings. The number of hydrogen-bond donors (Lipinski definition) is 0. The minimum absolute atomic E-state index is 0.107. The maximum atomic E-state index is 12.4. The van der Waals surface area contributed by atoms with Crippen molar-refractivity contribution < 1.29 is 13.6 Å². The second-order valence-electron chi connectivity index (χ2n) is 3.66. The number of aromatic nitrogens is 1. The predicted octanol–water partition coefficient (Wildman–Crippen LogP) is 3.11. The molecule has 0 aliphatic heterocycles. The molecule has 0 aliphatic carbocycles. The smallest absolute Gasteiger partial charge is 0.256 e. The second kappa shape index (κ2) is 4.04. The van der Waals surface area contributed by atoms with Gasteiger partial charge in [0.05, 0.1) is 6.54 Å². The number of ketones is 1. The molecule has 0 spiro atoms. The zero-order valence-corrected chi connectivity index (χ0v) is 8.78. The van der Waals surface area contributed by atoms with Gasteiger partial charge in [-0.25, -0.2) is 8.78 Å². The largest absolute Gasteiger partial charge is 0.341 e. The summed E-state index contributed by atoms with van der Waals surface area (Å²) < 4.78 is 26.1. The molecule has 1 aromatic heterocycles. The van der Waals surface area contributed by atoms with Gasteiger partial charge in [0.2, 0.25) is 0 Å². The van der Waals surface area contributed by atoms with Crippen LogP contribution in [-0.2, 0) is 6.54 Å². The molecular formula is C12H11F2NO. The number of fused-ring (bicyclic) bond motifs is 1. The van der Waals surface area contributed by atoms with E-state index < -0.39 is 6.43 Å². The third-order valence-electron chi connectivity index (χ3n) is 2.50. The minimum atomic E-state index is -2.42. The molecule has 0 atom stereocenters. The molecule has 0 N–H and O–H groups in total. The molecule has 2 rings (SSSR count). The van der Waals surface area contributed by atoms with Crippen LogP contribution in [0.25, 0.3) is 10.9 Å². The van der Waals surface area contributed by atoms with Gasteiger partial charge in [0, 0.05) is 22.7 Å². The van der Waals surface area contributed by atoms with Crippen molar-refractivity contribution in [3.8, 4) is 0 Å². The number of halogens is 2. The van der Waals surface area contributed by atoms with Gasteiger partial charge >= 0.3 is 0 Å². The van der Waals surface area contributed by atoms with Gasteiger partial charge < -0.3 is 4.57 Å². The van der Waals surface area contributed by atoms with Crippen molar-refractivity contribution >= 4 is 16.7 Å². The van der Waals surface area contributed by atoms with Crippen molar-refractivity contribution in [1.29, 1.82) is 0 Å². The van der Waals surface area contributed by atoms with Crippen molar-refractivity contribution in [2.24, 2.45) is 0 Å². The van der Waals surface area contributed by atoms with Gasteiger partial charge in [0.1, 0.15) is 0 Å². The number of carbonyl (C=O) groups excluding carboxylic acids is 1. The lowest BCUT2D eigenvalue weighted by atomic mass is 10.1. The van der Waals surface area contributed by atoms with Gasteiger partial charge in [-0.3, -0.25) is 4.79 Å². The number of benzene rings is 1. The average molecular weight is 223 g/mol. The molecular weight excluding hydrogens is 212 g/mol. The van der Waals surface area contributed by atoms with Crippen molar-refractivity contribution in [3.05, 3.63) is 36.0 Å². The van der Waals surface area contributed by atoms with E-state index in [0.717, 1.165) is 5.39 Å². The molecule has 0 amide bonds. The fourth-order valence-corrected chi connectivity index (χ4v) is 1.83. The van der Waals surface area contributed by atoms with Crippen LogP contribution in [0.1, 0.15) is 17.3 Å². The van der Waals surface area contributed by atoms with E-state index >= 15 is 0 Å². The molecule has 0 fully saturated rings. The molecule has 0 unspecified atom stereocenters.